The van der Waals surface area contributed by atoms with Gasteiger partial charge < -0.3 is 16.2 Å². The van der Waals surface area contributed by atoms with E-state index in [1.54, 1.807) is 0 Å². The van der Waals surface area contributed by atoms with Gasteiger partial charge in [0.1, 0.15) is 4.58 Å². The second kappa shape index (κ2) is 6.97. The lowest BCUT2D eigenvalue weighted by molar-refractivity contribution is -0.137. The maximum absolute atomic E-state index is 10.9. The Morgan fingerprint density at radius 3 is 2.43 bits per heavy atom. The molecule has 0 aromatic rings. The second-order valence-electron chi connectivity index (χ2n) is 2.81. The van der Waals surface area contributed by atoms with E-state index in [0.717, 1.165) is 0 Å². The average Bonchev–Trinajstić information content (AvgIpc) is 2.10. The summed E-state index contributed by atoms with van der Waals surface area (Å²) < 4.78 is -0.679. The molecule has 0 rings (SSSR count). The first-order valence-corrected chi connectivity index (χ1v) is 5.08. The van der Waals surface area contributed by atoms with Gasteiger partial charge in [0.05, 0.1) is 0 Å². The van der Waals surface area contributed by atoms with Crippen molar-refractivity contribution < 1.29 is 14.7 Å². The van der Waals surface area contributed by atoms with E-state index < -0.39 is 10.6 Å². The molecule has 0 spiro atoms. The Bertz CT molecular complexity index is 211. The van der Waals surface area contributed by atoms with E-state index in [1.807, 2.05) is 0 Å². The van der Waals surface area contributed by atoms with Gasteiger partial charge in [0, 0.05) is 19.0 Å². The Hall–Kier alpha value is -0.400. The molecule has 0 aliphatic heterocycles. The molecule has 1 amide bonds. The molecule has 5 nitrogen and oxygen atoms in total. The van der Waals surface area contributed by atoms with E-state index in [-0.39, 0.29) is 24.9 Å². The highest BCUT2D eigenvalue weighted by molar-refractivity contribution is 8.00. The predicted molar refractivity (Wildman–Crippen MR) is 59.6 cm³/mol. The minimum absolute atomic E-state index is 0.00220. The first-order valence-electron chi connectivity index (χ1n) is 4.04. The molecule has 1 unspecified atom stereocenters. The van der Waals surface area contributed by atoms with Gasteiger partial charge in [-0.05, 0) is 6.42 Å². The SMILES string of the molecule is NC(CCC(=O)O)CNC(=O)C(S)S. The zero-order chi connectivity index (χ0) is 11.1. The number of hydrogen-bond donors (Lipinski definition) is 5. The number of carbonyl (C=O) groups is 2. The van der Waals surface area contributed by atoms with Crippen LogP contribution in [0.25, 0.3) is 0 Å². The lowest BCUT2D eigenvalue weighted by atomic mass is 10.2. The van der Waals surface area contributed by atoms with Crippen molar-refractivity contribution in [2.75, 3.05) is 6.54 Å². The fourth-order valence-electron chi connectivity index (χ4n) is 0.734. The van der Waals surface area contributed by atoms with Gasteiger partial charge in [-0.25, -0.2) is 0 Å². The third kappa shape index (κ3) is 7.05. The zero-order valence-electron chi connectivity index (χ0n) is 7.51. The van der Waals surface area contributed by atoms with Crippen molar-refractivity contribution in [1.29, 1.82) is 0 Å². The normalized spacial score (nSPS) is 12.6. The second-order valence-corrected chi connectivity index (χ2v) is 4.25. The number of rotatable bonds is 6. The molecule has 82 valence electrons. The van der Waals surface area contributed by atoms with Crippen LogP contribution < -0.4 is 11.1 Å². The molecule has 0 saturated heterocycles. The van der Waals surface area contributed by atoms with E-state index in [9.17, 15) is 9.59 Å². The number of hydrogen-bond acceptors (Lipinski definition) is 5. The van der Waals surface area contributed by atoms with Crippen LogP contribution in [-0.2, 0) is 9.59 Å². The summed E-state index contributed by atoms with van der Waals surface area (Å²) >= 11 is 7.60. The quantitative estimate of drug-likeness (QED) is 0.318. The highest BCUT2D eigenvalue weighted by atomic mass is 32.2. The molecule has 4 N–H and O–H groups in total. The molecule has 7 heteroatoms. The number of amides is 1. The van der Waals surface area contributed by atoms with Crippen molar-refractivity contribution in [2.24, 2.45) is 5.73 Å². The number of carboxylic acid groups (broad SMARTS) is 1. The molecule has 0 aromatic heterocycles. The van der Waals surface area contributed by atoms with Gasteiger partial charge in [-0.3, -0.25) is 9.59 Å². The van der Waals surface area contributed by atoms with Gasteiger partial charge in [0.25, 0.3) is 0 Å². The molecule has 0 heterocycles. The van der Waals surface area contributed by atoms with Crippen molar-refractivity contribution >= 4 is 37.1 Å². The fourth-order valence-corrected chi connectivity index (χ4v) is 0.916. The Morgan fingerprint density at radius 1 is 1.43 bits per heavy atom. The fraction of sp³-hybridized carbons (Fsp3) is 0.714. The number of nitrogens with one attached hydrogen (secondary N) is 1. The number of thiol groups is 2. The van der Waals surface area contributed by atoms with Crippen LogP contribution in [0, 0.1) is 0 Å². The Labute approximate surface area is 93.2 Å². The summed E-state index contributed by atoms with van der Waals surface area (Å²) in [5.74, 6) is -1.23. The zero-order valence-corrected chi connectivity index (χ0v) is 9.30. The summed E-state index contributed by atoms with van der Waals surface area (Å²) in [5.41, 5.74) is 5.54. The molecule has 0 aliphatic rings. The van der Waals surface area contributed by atoms with Crippen LogP contribution in [0.4, 0.5) is 0 Å². The van der Waals surface area contributed by atoms with E-state index in [1.165, 1.54) is 0 Å². The lowest BCUT2D eigenvalue weighted by Gasteiger charge is -2.12. The Kier molecular flexibility index (Phi) is 6.77. The van der Waals surface area contributed by atoms with Crippen LogP contribution in [0.5, 0.6) is 0 Å². The number of carboxylic acids is 1. The van der Waals surface area contributed by atoms with Crippen LogP contribution in [-0.4, -0.2) is 34.2 Å². The highest BCUT2D eigenvalue weighted by Crippen LogP contribution is 1.99. The average molecular weight is 238 g/mol. The van der Waals surface area contributed by atoms with Gasteiger partial charge in [-0.2, -0.15) is 25.3 Å². The van der Waals surface area contributed by atoms with Crippen LogP contribution in [0.2, 0.25) is 0 Å². The minimum atomic E-state index is -0.895. The van der Waals surface area contributed by atoms with E-state index >= 15 is 0 Å². The third-order valence-electron chi connectivity index (χ3n) is 1.50. The van der Waals surface area contributed by atoms with Crippen molar-refractivity contribution in [1.82, 2.24) is 5.32 Å². The van der Waals surface area contributed by atoms with E-state index in [2.05, 4.69) is 30.6 Å². The number of nitrogens with two attached hydrogens (primary N) is 1. The number of aliphatic carboxylic acids is 1. The van der Waals surface area contributed by atoms with E-state index in [4.69, 9.17) is 10.8 Å². The molecular weight excluding hydrogens is 224 g/mol. The summed E-state index contributed by atoms with van der Waals surface area (Å²) in [6, 6.07) is -0.351. The van der Waals surface area contributed by atoms with Crippen LogP contribution in [0.1, 0.15) is 12.8 Å². The summed E-state index contributed by atoms with van der Waals surface area (Å²) in [4.78, 5) is 21.1. The molecule has 0 bridgehead atoms. The number of carbonyl (C=O) groups excluding carboxylic acids is 1. The largest absolute Gasteiger partial charge is 0.481 e. The Balaban J connectivity index is 3.58. The molecule has 0 aromatic carbocycles. The van der Waals surface area contributed by atoms with Gasteiger partial charge >= 0.3 is 5.97 Å². The monoisotopic (exact) mass is 238 g/mol. The molecular formula is C7H14N2O3S2. The van der Waals surface area contributed by atoms with Crippen LogP contribution in [0.15, 0.2) is 0 Å². The molecule has 0 fully saturated rings. The third-order valence-corrected chi connectivity index (χ3v) is 1.97. The maximum atomic E-state index is 10.9. The predicted octanol–water partition coefficient (Wildman–Crippen LogP) is -0.520. The topological polar surface area (TPSA) is 92.4 Å². The van der Waals surface area contributed by atoms with Crippen molar-refractivity contribution in [3.05, 3.63) is 0 Å². The van der Waals surface area contributed by atoms with E-state index in [0.29, 0.717) is 6.42 Å². The van der Waals surface area contributed by atoms with Crippen LogP contribution in [0.3, 0.4) is 0 Å². The van der Waals surface area contributed by atoms with Crippen molar-refractivity contribution in [3.8, 4) is 0 Å². The van der Waals surface area contributed by atoms with Crippen molar-refractivity contribution in [2.45, 2.75) is 23.5 Å². The summed E-state index contributed by atoms with van der Waals surface area (Å²) in [6.07, 6.45) is 0.335. The van der Waals surface area contributed by atoms with Gasteiger partial charge in [-0.15, -0.1) is 0 Å². The van der Waals surface area contributed by atoms with Gasteiger partial charge in [0.15, 0.2) is 0 Å². The maximum Gasteiger partial charge on any atom is 0.303 e. The molecule has 14 heavy (non-hydrogen) atoms. The van der Waals surface area contributed by atoms with Gasteiger partial charge in [-0.1, -0.05) is 0 Å². The summed E-state index contributed by atoms with van der Waals surface area (Å²) in [7, 11) is 0. The highest BCUT2D eigenvalue weighted by Gasteiger charge is 2.10. The minimum Gasteiger partial charge on any atom is -0.481 e. The van der Waals surface area contributed by atoms with Gasteiger partial charge in [0.2, 0.25) is 5.91 Å². The standard InChI is InChI=1S/C7H14N2O3S2/c8-4(1-2-5(10)11)3-9-6(12)7(13)14/h4,7,13-14H,1-3,8H2,(H,9,12)(H,10,11). The lowest BCUT2D eigenvalue weighted by Crippen LogP contribution is -2.39. The molecule has 0 saturated carbocycles. The van der Waals surface area contributed by atoms with Crippen molar-refractivity contribution in [3.63, 3.8) is 0 Å². The molecule has 0 radical (unpaired) electrons. The Morgan fingerprint density at radius 2 is 2.00 bits per heavy atom. The smallest absolute Gasteiger partial charge is 0.303 e. The molecule has 0 aliphatic carbocycles. The van der Waals surface area contributed by atoms with Crippen LogP contribution >= 0.6 is 25.3 Å². The molecule has 1 atom stereocenters. The summed E-state index contributed by atoms with van der Waals surface area (Å²) in [5, 5.41) is 10.9. The first kappa shape index (κ1) is 13.6. The first-order chi connectivity index (χ1) is 6.43. The summed E-state index contributed by atoms with van der Waals surface area (Å²) in [6.45, 7) is 0.240.